The van der Waals surface area contributed by atoms with E-state index >= 15 is 0 Å². The van der Waals surface area contributed by atoms with Gasteiger partial charge in [0, 0.05) is 18.2 Å². The minimum atomic E-state index is -3.52. The van der Waals surface area contributed by atoms with Crippen molar-refractivity contribution >= 4 is 26.0 Å². The van der Waals surface area contributed by atoms with Crippen molar-refractivity contribution in [2.45, 2.75) is 42.7 Å². The van der Waals surface area contributed by atoms with Crippen molar-refractivity contribution in [1.29, 1.82) is 0 Å². The molecule has 20 heavy (non-hydrogen) atoms. The number of hydrogen-bond acceptors (Lipinski definition) is 4. The molecule has 1 aromatic rings. The molecule has 0 aromatic heterocycles. The lowest BCUT2D eigenvalue weighted by atomic mass is 9.93. The highest BCUT2D eigenvalue weighted by molar-refractivity contribution is 9.10. The van der Waals surface area contributed by atoms with Gasteiger partial charge in [-0.1, -0.05) is 0 Å². The number of benzene rings is 1. The Morgan fingerprint density at radius 2 is 1.95 bits per heavy atom. The van der Waals surface area contributed by atoms with Gasteiger partial charge in [-0.2, -0.15) is 0 Å². The maximum atomic E-state index is 12.3. The lowest BCUT2D eigenvalue weighted by molar-refractivity contribution is 0.373. The van der Waals surface area contributed by atoms with Crippen LogP contribution in [0.25, 0.3) is 0 Å². The number of sulfonamides is 1. The standard InChI is InChI=1S/C13H19BrN2O3S/c1-19-13-8-11(6-7-12(13)14)20(17,18)16-10-4-2-9(15)3-5-10/h6-10,16H,2-5,15H2,1H3. The molecular formula is C13H19BrN2O3S. The van der Waals surface area contributed by atoms with Crippen molar-refractivity contribution < 1.29 is 13.2 Å². The molecule has 0 saturated heterocycles. The van der Waals surface area contributed by atoms with E-state index in [0.29, 0.717) is 5.75 Å². The second kappa shape index (κ2) is 6.43. The molecular weight excluding hydrogens is 344 g/mol. The predicted molar refractivity (Wildman–Crippen MR) is 81.2 cm³/mol. The minimum Gasteiger partial charge on any atom is -0.496 e. The molecule has 0 radical (unpaired) electrons. The molecule has 7 heteroatoms. The largest absolute Gasteiger partial charge is 0.496 e. The lowest BCUT2D eigenvalue weighted by Gasteiger charge is -2.26. The van der Waals surface area contributed by atoms with Gasteiger partial charge in [0.25, 0.3) is 0 Å². The molecule has 1 saturated carbocycles. The smallest absolute Gasteiger partial charge is 0.240 e. The van der Waals surface area contributed by atoms with Crippen LogP contribution in [0, 0.1) is 0 Å². The lowest BCUT2D eigenvalue weighted by Crippen LogP contribution is -2.40. The second-order valence-electron chi connectivity index (χ2n) is 5.03. The first kappa shape index (κ1) is 15.8. The average Bonchev–Trinajstić information content (AvgIpc) is 2.41. The van der Waals surface area contributed by atoms with Gasteiger partial charge in [0.15, 0.2) is 0 Å². The minimum absolute atomic E-state index is 0.0329. The fourth-order valence-electron chi connectivity index (χ4n) is 2.33. The number of nitrogens with one attached hydrogen (secondary N) is 1. The monoisotopic (exact) mass is 362 g/mol. The molecule has 3 N–H and O–H groups in total. The van der Waals surface area contributed by atoms with Gasteiger partial charge in [-0.3, -0.25) is 0 Å². The van der Waals surface area contributed by atoms with Crippen LogP contribution in [0.15, 0.2) is 27.6 Å². The molecule has 0 amide bonds. The first-order chi connectivity index (χ1) is 9.42. The quantitative estimate of drug-likeness (QED) is 0.858. The van der Waals surface area contributed by atoms with E-state index in [4.69, 9.17) is 10.5 Å². The van der Waals surface area contributed by atoms with E-state index in [2.05, 4.69) is 20.7 Å². The molecule has 112 valence electrons. The molecule has 5 nitrogen and oxygen atoms in total. The molecule has 0 atom stereocenters. The topological polar surface area (TPSA) is 81.4 Å². The Hall–Kier alpha value is -0.630. The zero-order valence-electron chi connectivity index (χ0n) is 11.3. The summed E-state index contributed by atoms with van der Waals surface area (Å²) in [6.07, 6.45) is 3.29. The number of nitrogens with two attached hydrogens (primary N) is 1. The third kappa shape index (κ3) is 3.72. The van der Waals surface area contributed by atoms with Crippen LogP contribution in [-0.4, -0.2) is 27.6 Å². The molecule has 0 unspecified atom stereocenters. The first-order valence-electron chi connectivity index (χ1n) is 6.54. The van der Waals surface area contributed by atoms with Crippen molar-refractivity contribution in [3.05, 3.63) is 22.7 Å². The van der Waals surface area contributed by atoms with Crippen molar-refractivity contribution in [2.75, 3.05) is 7.11 Å². The van der Waals surface area contributed by atoms with E-state index in [-0.39, 0.29) is 17.0 Å². The summed E-state index contributed by atoms with van der Waals surface area (Å²) >= 11 is 3.31. The molecule has 1 aliphatic rings. The number of methoxy groups -OCH3 is 1. The summed E-state index contributed by atoms with van der Waals surface area (Å²) in [7, 11) is -2.01. The molecule has 2 rings (SSSR count). The third-order valence-corrected chi connectivity index (χ3v) is 5.70. The molecule has 1 fully saturated rings. The number of hydrogen-bond donors (Lipinski definition) is 2. The van der Waals surface area contributed by atoms with Gasteiger partial charge in [-0.15, -0.1) is 0 Å². The second-order valence-corrected chi connectivity index (χ2v) is 7.60. The van der Waals surface area contributed by atoms with Crippen LogP contribution < -0.4 is 15.2 Å². The van der Waals surface area contributed by atoms with E-state index < -0.39 is 10.0 Å². The summed E-state index contributed by atoms with van der Waals surface area (Å²) in [5.74, 6) is 0.499. The van der Waals surface area contributed by atoms with Gasteiger partial charge >= 0.3 is 0 Å². The van der Waals surface area contributed by atoms with Crippen molar-refractivity contribution in [2.24, 2.45) is 5.73 Å². The van der Waals surface area contributed by atoms with Gasteiger partial charge in [0.1, 0.15) is 5.75 Å². The summed E-state index contributed by atoms with van der Waals surface area (Å²) < 4.78 is 33.3. The normalized spacial score (nSPS) is 23.6. The highest BCUT2D eigenvalue weighted by Gasteiger charge is 2.24. The van der Waals surface area contributed by atoms with Crippen molar-refractivity contribution in [1.82, 2.24) is 4.72 Å². The summed E-state index contributed by atoms with van der Waals surface area (Å²) in [6, 6.07) is 4.91. The summed E-state index contributed by atoms with van der Waals surface area (Å²) in [6.45, 7) is 0. The predicted octanol–water partition coefficient (Wildman–Crippen LogP) is 2.01. The molecule has 1 aliphatic carbocycles. The maximum Gasteiger partial charge on any atom is 0.240 e. The average molecular weight is 363 g/mol. The van der Waals surface area contributed by atoms with Gasteiger partial charge in [0.2, 0.25) is 10.0 Å². The van der Waals surface area contributed by atoms with E-state index in [1.54, 1.807) is 12.1 Å². The Morgan fingerprint density at radius 1 is 1.30 bits per heavy atom. The Balaban J connectivity index is 2.14. The van der Waals surface area contributed by atoms with E-state index in [0.717, 1.165) is 30.2 Å². The molecule has 0 spiro atoms. The van der Waals surface area contributed by atoms with Crippen LogP contribution in [0.5, 0.6) is 5.75 Å². The van der Waals surface area contributed by atoms with Crippen molar-refractivity contribution in [3.63, 3.8) is 0 Å². The van der Waals surface area contributed by atoms with E-state index in [1.807, 2.05) is 0 Å². The van der Waals surface area contributed by atoms with Crippen LogP contribution in [0.1, 0.15) is 25.7 Å². The summed E-state index contributed by atoms with van der Waals surface area (Å²) in [5, 5.41) is 0. The number of ether oxygens (including phenoxy) is 1. The Labute approximate surface area is 128 Å². The highest BCUT2D eigenvalue weighted by Crippen LogP contribution is 2.28. The fraction of sp³-hybridized carbons (Fsp3) is 0.538. The zero-order valence-corrected chi connectivity index (χ0v) is 13.7. The van der Waals surface area contributed by atoms with Gasteiger partial charge in [0.05, 0.1) is 16.5 Å². The highest BCUT2D eigenvalue weighted by atomic mass is 79.9. The van der Waals surface area contributed by atoms with Gasteiger partial charge < -0.3 is 10.5 Å². The molecule has 1 aromatic carbocycles. The van der Waals surface area contributed by atoms with Crippen LogP contribution in [0.4, 0.5) is 0 Å². The molecule has 0 heterocycles. The van der Waals surface area contributed by atoms with Gasteiger partial charge in [-0.05, 0) is 53.7 Å². The van der Waals surface area contributed by atoms with Crippen molar-refractivity contribution in [3.8, 4) is 5.75 Å². The molecule has 0 aliphatic heterocycles. The van der Waals surface area contributed by atoms with Gasteiger partial charge in [-0.25, -0.2) is 13.1 Å². The van der Waals surface area contributed by atoms with Crippen LogP contribution in [0.3, 0.4) is 0 Å². The third-order valence-electron chi connectivity index (χ3n) is 3.53. The summed E-state index contributed by atoms with van der Waals surface area (Å²) in [4.78, 5) is 0.215. The van der Waals surface area contributed by atoms with E-state index in [9.17, 15) is 8.42 Å². The molecule has 0 bridgehead atoms. The van der Waals surface area contributed by atoms with Crippen LogP contribution in [0.2, 0.25) is 0 Å². The Kier molecular flexibility index (Phi) is 5.06. The van der Waals surface area contributed by atoms with Crippen LogP contribution in [-0.2, 0) is 10.0 Å². The Morgan fingerprint density at radius 3 is 2.55 bits per heavy atom. The van der Waals surface area contributed by atoms with E-state index in [1.165, 1.54) is 13.2 Å². The zero-order chi connectivity index (χ0) is 14.8. The summed E-state index contributed by atoms with van der Waals surface area (Å²) in [5.41, 5.74) is 5.83. The van der Waals surface area contributed by atoms with Crippen LogP contribution >= 0.6 is 15.9 Å². The number of halogens is 1. The maximum absolute atomic E-state index is 12.3. The number of rotatable bonds is 4. The fourth-order valence-corrected chi connectivity index (χ4v) is 4.06. The first-order valence-corrected chi connectivity index (χ1v) is 8.81. The SMILES string of the molecule is COc1cc(S(=O)(=O)NC2CCC(N)CC2)ccc1Br. The Bertz CT molecular complexity index is 569.